The highest BCUT2D eigenvalue weighted by Gasteiger charge is 2.19. The fraction of sp³-hybridized carbons (Fsp3) is 0.364. The maximum Gasteiger partial charge on any atom is 0.357 e. The molecule has 2 aromatic heterocycles. The smallest absolute Gasteiger partial charge is 0.357 e. The highest BCUT2D eigenvalue weighted by atomic mass is 16.5. The first-order valence-corrected chi connectivity index (χ1v) is 5.31. The van der Waals surface area contributed by atoms with Crippen LogP contribution in [0.15, 0.2) is 4.79 Å². The number of carbonyl (C=O) groups excluding carboxylic acids is 1. The van der Waals surface area contributed by atoms with Crippen molar-refractivity contribution >= 4 is 16.9 Å². The van der Waals surface area contributed by atoms with Crippen LogP contribution in [0.2, 0.25) is 0 Å². The van der Waals surface area contributed by atoms with Gasteiger partial charge in [-0.1, -0.05) is 0 Å². The van der Waals surface area contributed by atoms with Gasteiger partial charge in [-0.05, 0) is 20.8 Å². The SMILES string of the molecule is CCOC(=O)c1[nH]c(C)c2c(=O)[nH]c(C)nc12. The van der Waals surface area contributed by atoms with Crippen LogP contribution in [-0.4, -0.2) is 27.5 Å². The monoisotopic (exact) mass is 235 g/mol. The van der Waals surface area contributed by atoms with E-state index in [0.717, 1.165) is 0 Å². The molecule has 0 spiro atoms. The molecule has 2 aromatic rings. The van der Waals surface area contributed by atoms with E-state index < -0.39 is 5.97 Å². The second-order valence-electron chi connectivity index (χ2n) is 3.72. The van der Waals surface area contributed by atoms with Crippen molar-refractivity contribution in [2.75, 3.05) is 6.61 Å². The third kappa shape index (κ3) is 1.82. The predicted octanol–water partition coefficient (Wildman–Crippen LogP) is 1.04. The van der Waals surface area contributed by atoms with Crippen molar-refractivity contribution in [3.8, 4) is 0 Å². The number of aromatic amines is 2. The van der Waals surface area contributed by atoms with Crippen LogP contribution in [0.4, 0.5) is 0 Å². The average molecular weight is 235 g/mol. The van der Waals surface area contributed by atoms with Crippen molar-refractivity contribution in [3.63, 3.8) is 0 Å². The zero-order chi connectivity index (χ0) is 12.6. The second-order valence-corrected chi connectivity index (χ2v) is 3.72. The summed E-state index contributed by atoms with van der Waals surface area (Å²) in [4.78, 5) is 33.1. The highest BCUT2D eigenvalue weighted by Crippen LogP contribution is 2.17. The number of H-pyrrole nitrogens is 2. The van der Waals surface area contributed by atoms with Crippen molar-refractivity contribution in [1.29, 1.82) is 0 Å². The topological polar surface area (TPSA) is 87.8 Å². The van der Waals surface area contributed by atoms with Crippen molar-refractivity contribution in [3.05, 3.63) is 27.6 Å². The summed E-state index contributed by atoms with van der Waals surface area (Å²) in [5, 5.41) is 0.402. The zero-order valence-corrected chi connectivity index (χ0v) is 9.88. The third-order valence-electron chi connectivity index (χ3n) is 2.44. The Morgan fingerprint density at radius 1 is 1.35 bits per heavy atom. The maximum atomic E-state index is 11.7. The molecule has 6 heteroatoms. The van der Waals surface area contributed by atoms with Crippen LogP contribution < -0.4 is 5.56 Å². The summed E-state index contributed by atoms with van der Waals surface area (Å²) in [5.41, 5.74) is 0.948. The standard InChI is InChI=1S/C11H13N3O3/c1-4-17-11(16)9-8-7(5(2)12-9)10(15)14-6(3)13-8/h12H,4H2,1-3H3,(H,13,14,15). The van der Waals surface area contributed by atoms with E-state index in [-0.39, 0.29) is 17.9 Å². The van der Waals surface area contributed by atoms with E-state index >= 15 is 0 Å². The largest absolute Gasteiger partial charge is 0.461 e. The fourth-order valence-corrected chi connectivity index (χ4v) is 1.77. The number of rotatable bonds is 2. The molecule has 0 aliphatic heterocycles. The minimum atomic E-state index is -0.497. The van der Waals surface area contributed by atoms with Crippen molar-refractivity contribution in [2.24, 2.45) is 0 Å². The van der Waals surface area contributed by atoms with E-state index in [0.29, 0.717) is 22.4 Å². The van der Waals surface area contributed by atoms with Crippen molar-refractivity contribution in [1.82, 2.24) is 15.0 Å². The molecule has 0 bridgehead atoms. The lowest BCUT2D eigenvalue weighted by Gasteiger charge is -1.99. The van der Waals surface area contributed by atoms with Gasteiger partial charge in [-0.25, -0.2) is 9.78 Å². The Labute approximate surface area is 97.0 Å². The lowest BCUT2D eigenvalue weighted by atomic mass is 10.2. The van der Waals surface area contributed by atoms with Gasteiger partial charge in [0.2, 0.25) is 0 Å². The van der Waals surface area contributed by atoms with Crippen LogP contribution in [-0.2, 0) is 4.74 Å². The van der Waals surface area contributed by atoms with Gasteiger partial charge < -0.3 is 14.7 Å². The number of hydrogen-bond donors (Lipinski definition) is 2. The van der Waals surface area contributed by atoms with Crippen LogP contribution >= 0.6 is 0 Å². The molecule has 2 N–H and O–H groups in total. The first-order valence-electron chi connectivity index (χ1n) is 5.31. The molecule has 90 valence electrons. The van der Waals surface area contributed by atoms with Gasteiger partial charge >= 0.3 is 5.97 Å². The normalized spacial score (nSPS) is 10.8. The minimum absolute atomic E-state index is 0.230. The number of carbonyl (C=O) groups is 1. The summed E-state index contributed by atoms with van der Waals surface area (Å²) in [6.07, 6.45) is 0. The van der Waals surface area contributed by atoms with Gasteiger partial charge in [0, 0.05) is 5.69 Å². The quantitative estimate of drug-likeness (QED) is 0.761. The molecule has 6 nitrogen and oxygen atoms in total. The number of esters is 1. The molecule has 2 heterocycles. The van der Waals surface area contributed by atoms with Crippen LogP contribution in [0.5, 0.6) is 0 Å². The Kier molecular flexibility index (Phi) is 2.71. The van der Waals surface area contributed by atoms with Gasteiger partial charge in [-0.2, -0.15) is 0 Å². The Hall–Kier alpha value is -2.11. The number of aromatic nitrogens is 3. The number of hydrogen-bond acceptors (Lipinski definition) is 4. The van der Waals surface area contributed by atoms with E-state index in [9.17, 15) is 9.59 Å². The molecule has 0 saturated carbocycles. The average Bonchev–Trinajstić information content (AvgIpc) is 2.56. The number of aryl methyl sites for hydroxylation is 2. The van der Waals surface area contributed by atoms with E-state index in [1.165, 1.54) is 0 Å². The predicted molar refractivity (Wildman–Crippen MR) is 62.1 cm³/mol. The van der Waals surface area contributed by atoms with Crippen LogP contribution in [0.25, 0.3) is 10.9 Å². The molecule has 0 fully saturated rings. The zero-order valence-electron chi connectivity index (χ0n) is 9.88. The molecule has 0 unspecified atom stereocenters. The minimum Gasteiger partial charge on any atom is -0.461 e. The first kappa shape index (κ1) is 11.4. The Bertz CT molecular complexity index is 639. The molecule has 2 rings (SSSR count). The molecule has 0 amide bonds. The van der Waals surface area contributed by atoms with Gasteiger partial charge in [0.05, 0.1) is 12.0 Å². The molecule has 0 aliphatic rings. The summed E-state index contributed by atoms with van der Waals surface area (Å²) in [5.74, 6) is -0.0323. The van der Waals surface area contributed by atoms with Crippen molar-refractivity contribution < 1.29 is 9.53 Å². The van der Waals surface area contributed by atoms with Gasteiger partial charge in [0.1, 0.15) is 11.3 Å². The van der Waals surface area contributed by atoms with Crippen molar-refractivity contribution in [2.45, 2.75) is 20.8 Å². The van der Waals surface area contributed by atoms with Gasteiger partial charge in [-0.3, -0.25) is 4.79 Å². The lowest BCUT2D eigenvalue weighted by molar-refractivity contribution is 0.0522. The molecule has 0 radical (unpaired) electrons. The third-order valence-corrected chi connectivity index (χ3v) is 2.44. The number of fused-ring (bicyclic) bond motifs is 1. The van der Waals surface area contributed by atoms with Crippen LogP contribution in [0.1, 0.15) is 28.9 Å². The summed E-state index contributed by atoms with van der Waals surface area (Å²) in [6, 6.07) is 0. The molecule has 0 atom stereocenters. The first-order chi connectivity index (χ1) is 8.04. The molecule has 0 saturated heterocycles. The van der Waals surface area contributed by atoms with E-state index in [4.69, 9.17) is 4.74 Å². The highest BCUT2D eigenvalue weighted by molar-refractivity contribution is 6.02. The molecule has 0 aromatic carbocycles. The molecular weight excluding hydrogens is 222 g/mol. The van der Waals surface area contributed by atoms with Gasteiger partial charge in [0.15, 0.2) is 5.69 Å². The maximum absolute atomic E-state index is 11.7. The number of ether oxygens (including phenoxy) is 1. The lowest BCUT2D eigenvalue weighted by Crippen LogP contribution is -2.11. The van der Waals surface area contributed by atoms with Crippen LogP contribution in [0, 0.1) is 13.8 Å². The Morgan fingerprint density at radius 3 is 2.71 bits per heavy atom. The second kappa shape index (κ2) is 4.04. The van der Waals surface area contributed by atoms with Crippen LogP contribution in [0.3, 0.4) is 0 Å². The molecule has 17 heavy (non-hydrogen) atoms. The van der Waals surface area contributed by atoms with Gasteiger partial charge in [-0.15, -0.1) is 0 Å². The summed E-state index contributed by atoms with van der Waals surface area (Å²) in [7, 11) is 0. The van der Waals surface area contributed by atoms with E-state index in [1.54, 1.807) is 20.8 Å². The summed E-state index contributed by atoms with van der Waals surface area (Å²) < 4.78 is 4.91. The number of nitrogens with zero attached hydrogens (tertiary/aromatic N) is 1. The van der Waals surface area contributed by atoms with E-state index in [2.05, 4.69) is 15.0 Å². The summed E-state index contributed by atoms with van der Waals surface area (Å²) >= 11 is 0. The molecule has 0 aliphatic carbocycles. The molecular formula is C11H13N3O3. The Balaban J connectivity index is 2.74. The van der Waals surface area contributed by atoms with E-state index in [1.807, 2.05) is 0 Å². The van der Waals surface area contributed by atoms with Gasteiger partial charge in [0.25, 0.3) is 5.56 Å². The Morgan fingerprint density at radius 2 is 2.06 bits per heavy atom. The number of nitrogens with one attached hydrogen (secondary N) is 2. The fourth-order valence-electron chi connectivity index (χ4n) is 1.77. The summed E-state index contributed by atoms with van der Waals surface area (Å²) in [6.45, 7) is 5.39.